The van der Waals surface area contributed by atoms with Gasteiger partial charge in [0.25, 0.3) is 0 Å². The van der Waals surface area contributed by atoms with Gasteiger partial charge in [-0.15, -0.1) is 0 Å². The lowest BCUT2D eigenvalue weighted by atomic mass is 10.0. The molecule has 1 aromatic carbocycles. The van der Waals surface area contributed by atoms with Crippen LogP contribution in [-0.4, -0.2) is 15.8 Å². The van der Waals surface area contributed by atoms with E-state index in [2.05, 4.69) is 0 Å². The average molecular weight is 178 g/mol. The van der Waals surface area contributed by atoms with Gasteiger partial charge in [-0.25, -0.2) is 0 Å². The quantitative estimate of drug-likeness (QED) is 0.738. The number of rotatable bonds is 3. The molecule has 0 aromatic heterocycles. The second kappa shape index (κ2) is 3.13. The van der Waals surface area contributed by atoms with Gasteiger partial charge >= 0.3 is 0 Å². The van der Waals surface area contributed by atoms with E-state index in [0.717, 1.165) is 18.4 Å². The van der Waals surface area contributed by atoms with Crippen LogP contribution < -0.4 is 0 Å². The summed E-state index contributed by atoms with van der Waals surface area (Å²) < 4.78 is 0. The Morgan fingerprint density at radius 3 is 2.38 bits per heavy atom. The first-order valence-electron chi connectivity index (χ1n) is 4.65. The molecular weight excluding hydrogens is 164 g/mol. The topological polar surface area (TPSA) is 40.5 Å². The van der Waals surface area contributed by atoms with Crippen molar-refractivity contribution >= 4 is 0 Å². The second-order valence-electron chi connectivity index (χ2n) is 3.85. The molecule has 1 aromatic rings. The SMILES string of the molecule is OC(CC1(O)CC1)c1ccccc1. The smallest absolute Gasteiger partial charge is 0.0817 e. The van der Waals surface area contributed by atoms with Crippen molar-refractivity contribution < 1.29 is 10.2 Å². The van der Waals surface area contributed by atoms with Crippen LogP contribution in [0.1, 0.15) is 30.9 Å². The molecule has 0 heterocycles. The molecule has 2 nitrogen and oxygen atoms in total. The summed E-state index contributed by atoms with van der Waals surface area (Å²) >= 11 is 0. The Morgan fingerprint density at radius 1 is 1.23 bits per heavy atom. The van der Waals surface area contributed by atoms with E-state index in [4.69, 9.17) is 0 Å². The molecule has 0 amide bonds. The van der Waals surface area contributed by atoms with E-state index in [1.807, 2.05) is 30.3 Å². The van der Waals surface area contributed by atoms with Crippen molar-refractivity contribution in [3.05, 3.63) is 35.9 Å². The molecule has 13 heavy (non-hydrogen) atoms. The molecule has 0 bridgehead atoms. The minimum Gasteiger partial charge on any atom is -0.390 e. The van der Waals surface area contributed by atoms with Crippen molar-refractivity contribution in [1.29, 1.82) is 0 Å². The zero-order chi connectivity index (χ0) is 9.31. The summed E-state index contributed by atoms with van der Waals surface area (Å²) in [7, 11) is 0. The van der Waals surface area contributed by atoms with Crippen LogP contribution in [0.2, 0.25) is 0 Å². The molecule has 2 N–H and O–H groups in total. The minimum absolute atomic E-state index is 0.469. The highest BCUT2D eigenvalue weighted by molar-refractivity contribution is 5.18. The predicted molar refractivity (Wildman–Crippen MR) is 50.2 cm³/mol. The molecular formula is C11H14O2. The third-order valence-electron chi connectivity index (χ3n) is 2.58. The number of benzene rings is 1. The summed E-state index contributed by atoms with van der Waals surface area (Å²) in [5.41, 5.74) is 0.317. The molecule has 0 aliphatic heterocycles. The van der Waals surface area contributed by atoms with Crippen LogP contribution in [0.5, 0.6) is 0 Å². The number of hydrogen-bond acceptors (Lipinski definition) is 2. The summed E-state index contributed by atoms with van der Waals surface area (Å²) in [6, 6.07) is 9.49. The lowest BCUT2D eigenvalue weighted by molar-refractivity contribution is 0.0642. The molecule has 1 aliphatic rings. The van der Waals surface area contributed by atoms with Gasteiger partial charge in [0.2, 0.25) is 0 Å². The van der Waals surface area contributed by atoms with Gasteiger partial charge in [-0.2, -0.15) is 0 Å². The summed E-state index contributed by atoms with van der Waals surface area (Å²) in [4.78, 5) is 0. The van der Waals surface area contributed by atoms with E-state index in [0.29, 0.717) is 6.42 Å². The van der Waals surface area contributed by atoms with Gasteiger partial charge in [-0.1, -0.05) is 30.3 Å². The Bertz CT molecular complexity index is 277. The molecule has 1 saturated carbocycles. The summed E-state index contributed by atoms with van der Waals surface area (Å²) in [5, 5.41) is 19.3. The fourth-order valence-electron chi connectivity index (χ4n) is 1.50. The predicted octanol–water partition coefficient (Wildman–Crippen LogP) is 1.64. The zero-order valence-electron chi connectivity index (χ0n) is 7.48. The third kappa shape index (κ3) is 2.08. The third-order valence-corrected chi connectivity index (χ3v) is 2.58. The van der Waals surface area contributed by atoms with Gasteiger partial charge < -0.3 is 10.2 Å². The van der Waals surface area contributed by atoms with Gasteiger partial charge in [-0.3, -0.25) is 0 Å². The van der Waals surface area contributed by atoms with Gasteiger partial charge in [0.05, 0.1) is 11.7 Å². The van der Waals surface area contributed by atoms with Crippen LogP contribution in [0.3, 0.4) is 0 Å². The highest BCUT2D eigenvalue weighted by atomic mass is 16.3. The van der Waals surface area contributed by atoms with Gasteiger partial charge in [-0.05, 0) is 18.4 Å². The molecule has 1 atom stereocenters. The number of hydrogen-bond donors (Lipinski definition) is 2. The van der Waals surface area contributed by atoms with E-state index >= 15 is 0 Å². The monoisotopic (exact) mass is 178 g/mol. The van der Waals surface area contributed by atoms with Gasteiger partial charge in [0.1, 0.15) is 0 Å². The largest absolute Gasteiger partial charge is 0.390 e. The van der Waals surface area contributed by atoms with Crippen LogP contribution in [0.15, 0.2) is 30.3 Å². The summed E-state index contributed by atoms with van der Waals surface area (Å²) in [6.07, 6.45) is 1.61. The average Bonchev–Trinajstić information content (AvgIpc) is 2.85. The lowest BCUT2D eigenvalue weighted by Gasteiger charge is -2.14. The molecule has 1 unspecified atom stereocenters. The molecule has 0 spiro atoms. The van der Waals surface area contributed by atoms with Crippen LogP contribution in [0, 0.1) is 0 Å². The van der Waals surface area contributed by atoms with E-state index in [9.17, 15) is 10.2 Å². The first-order chi connectivity index (χ1) is 6.20. The minimum atomic E-state index is -0.574. The maximum absolute atomic E-state index is 9.74. The fraction of sp³-hybridized carbons (Fsp3) is 0.455. The van der Waals surface area contributed by atoms with Crippen LogP contribution in [0.25, 0.3) is 0 Å². The summed E-state index contributed by atoms with van der Waals surface area (Å²) in [6.45, 7) is 0. The Balaban J connectivity index is 2.01. The van der Waals surface area contributed by atoms with Crippen molar-refractivity contribution in [2.45, 2.75) is 31.0 Å². The maximum Gasteiger partial charge on any atom is 0.0817 e. The Kier molecular flexibility index (Phi) is 2.10. The van der Waals surface area contributed by atoms with Crippen molar-refractivity contribution in [3.8, 4) is 0 Å². The van der Waals surface area contributed by atoms with Crippen molar-refractivity contribution in [2.24, 2.45) is 0 Å². The van der Waals surface area contributed by atoms with Crippen LogP contribution >= 0.6 is 0 Å². The van der Waals surface area contributed by atoms with E-state index in [1.165, 1.54) is 0 Å². The zero-order valence-corrected chi connectivity index (χ0v) is 7.48. The molecule has 1 aliphatic carbocycles. The molecule has 1 fully saturated rings. The standard InChI is InChI=1S/C11H14O2/c12-10(8-11(13)6-7-11)9-4-2-1-3-5-9/h1-5,10,12-13H,6-8H2. The first-order valence-corrected chi connectivity index (χ1v) is 4.65. The second-order valence-corrected chi connectivity index (χ2v) is 3.85. The van der Waals surface area contributed by atoms with E-state index in [-0.39, 0.29) is 0 Å². The van der Waals surface area contributed by atoms with Crippen LogP contribution in [0.4, 0.5) is 0 Å². The Hall–Kier alpha value is -0.860. The van der Waals surface area contributed by atoms with E-state index < -0.39 is 11.7 Å². The number of aliphatic hydroxyl groups is 2. The Morgan fingerprint density at radius 2 is 1.85 bits per heavy atom. The van der Waals surface area contributed by atoms with Gasteiger partial charge in [0.15, 0.2) is 0 Å². The molecule has 2 rings (SSSR count). The van der Waals surface area contributed by atoms with Crippen molar-refractivity contribution in [3.63, 3.8) is 0 Å². The normalized spacial score (nSPS) is 21.1. The highest BCUT2D eigenvalue weighted by Crippen LogP contribution is 2.42. The van der Waals surface area contributed by atoms with Crippen molar-refractivity contribution in [2.75, 3.05) is 0 Å². The molecule has 2 heteroatoms. The Labute approximate surface area is 77.8 Å². The van der Waals surface area contributed by atoms with Crippen molar-refractivity contribution in [1.82, 2.24) is 0 Å². The lowest BCUT2D eigenvalue weighted by Crippen LogP contribution is -2.12. The fourth-order valence-corrected chi connectivity index (χ4v) is 1.50. The highest BCUT2D eigenvalue weighted by Gasteiger charge is 2.41. The maximum atomic E-state index is 9.74. The number of aliphatic hydroxyl groups excluding tert-OH is 1. The van der Waals surface area contributed by atoms with Gasteiger partial charge in [0, 0.05) is 6.42 Å². The van der Waals surface area contributed by atoms with E-state index in [1.54, 1.807) is 0 Å². The molecule has 0 radical (unpaired) electrons. The summed E-state index contributed by atoms with van der Waals surface area (Å²) in [5.74, 6) is 0. The first kappa shape index (κ1) is 8.73. The van der Waals surface area contributed by atoms with Crippen LogP contribution in [-0.2, 0) is 0 Å². The molecule has 70 valence electrons. The molecule has 0 saturated heterocycles.